The van der Waals surface area contributed by atoms with Gasteiger partial charge in [0.25, 0.3) is 0 Å². The molecule has 0 aliphatic carbocycles. The van der Waals surface area contributed by atoms with E-state index in [2.05, 4.69) is 17.4 Å². The Balaban J connectivity index is 1.74. The Hall–Kier alpha value is -2.62. The van der Waals surface area contributed by atoms with E-state index in [1.165, 1.54) is 4.90 Å². The predicted molar refractivity (Wildman–Crippen MR) is 75.8 cm³/mol. The fourth-order valence-corrected chi connectivity index (χ4v) is 2.26. The maximum Gasteiger partial charge on any atom is 0.324 e. The lowest BCUT2D eigenvalue weighted by atomic mass is 10.0. The minimum atomic E-state index is -0.317. The maximum absolute atomic E-state index is 11.5. The molecule has 20 heavy (non-hydrogen) atoms. The van der Waals surface area contributed by atoms with Crippen LogP contribution in [0.3, 0.4) is 0 Å². The Kier molecular flexibility index (Phi) is 3.21. The zero-order chi connectivity index (χ0) is 13.9. The molecule has 1 N–H and O–H groups in total. The first-order valence-corrected chi connectivity index (χ1v) is 6.45. The molecule has 1 saturated heterocycles. The number of nitrogens with one attached hydrogen (secondary N) is 1. The minimum absolute atomic E-state index is 0.138. The first-order chi connectivity index (χ1) is 9.72. The lowest BCUT2D eigenvalue weighted by molar-refractivity contribution is -0.118. The molecule has 1 aliphatic rings. The van der Waals surface area contributed by atoms with Crippen LogP contribution in [0.25, 0.3) is 11.1 Å². The molecule has 100 valence electrons. The van der Waals surface area contributed by atoms with Crippen LogP contribution in [-0.4, -0.2) is 23.4 Å². The van der Waals surface area contributed by atoms with Crippen LogP contribution in [0.1, 0.15) is 5.56 Å². The fraction of sp³-hybridized carbons (Fsp3) is 0.125. The Labute approximate surface area is 117 Å². The molecule has 1 fully saturated rings. The second-order valence-corrected chi connectivity index (χ2v) is 4.77. The standard InChI is InChI=1S/C16H14N2O2/c19-15-11-18(16(20)17-15)10-12-6-8-14(9-7-12)13-4-2-1-3-5-13/h1-9H,10-11H2,(H,17,19,20). The zero-order valence-electron chi connectivity index (χ0n) is 10.9. The quantitative estimate of drug-likeness (QED) is 0.867. The fourth-order valence-electron chi connectivity index (χ4n) is 2.26. The molecule has 3 rings (SSSR count). The Morgan fingerprint density at radius 2 is 1.55 bits per heavy atom. The van der Waals surface area contributed by atoms with Crippen molar-refractivity contribution in [1.29, 1.82) is 0 Å². The molecule has 0 atom stereocenters. The highest BCUT2D eigenvalue weighted by molar-refractivity contribution is 6.01. The van der Waals surface area contributed by atoms with Gasteiger partial charge in [-0.3, -0.25) is 10.1 Å². The van der Waals surface area contributed by atoms with E-state index in [0.717, 1.165) is 16.7 Å². The molecule has 0 radical (unpaired) electrons. The van der Waals surface area contributed by atoms with Gasteiger partial charge in [0.1, 0.15) is 6.54 Å². The van der Waals surface area contributed by atoms with E-state index in [-0.39, 0.29) is 18.5 Å². The van der Waals surface area contributed by atoms with Crippen LogP contribution in [0.15, 0.2) is 54.6 Å². The van der Waals surface area contributed by atoms with E-state index in [9.17, 15) is 9.59 Å². The summed E-state index contributed by atoms with van der Waals surface area (Å²) in [6.07, 6.45) is 0. The average Bonchev–Trinajstić information content (AvgIpc) is 2.79. The van der Waals surface area contributed by atoms with Crippen molar-refractivity contribution in [1.82, 2.24) is 10.2 Å². The molecular weight excluding hydrogens is 252 g/mol. The third-order valence-electron chi connectivity index (χ3n) is 3.30. The molecule has 1 heterocycles. The number of nitrogens with zero attached hydrogens (tertiary/aromatic N) is 1. The number of hydrogen-bond acceptors (Lipinski definition) is 2. The van der Waals surface area contributed by atoms with Gasteiger partial charge in [-0.1, -0.05) is 54.6 Å². The van der Waals surface area contributed by atoms with Gasteiger partial charge in [0.15, 0.2) is 0 Å². The molecule has 4 nitrogen and oxygen atoms in total. The van der Waals surface area contributed by atoms with Crippen LogP contribution in [-0.2, 0) is 11.3 Å². The van der Waals surface area contributed by atoms with Gasteiger partial charge in [0, 0.05) is 6.54 Å². The van der Waals surface area contributed by atoms with Crippen LogP contribution in [0, 0.1) is 0 Å². The summed E-state index contributed by atoms with van der Waals surface area (Å²) in [5, 5.41) is 2.27. The summed E-state index contributed by atoms with van der Waals surface area (Å²) in [6.45, 7) is 0.589. The van der Waals surface area contributed by atoms with Gasteiger partial charge < -0.3 is 4.90 Å². The van der Waals surface area contributed by atoms with Crippen LogP contribution >= 0.6 is 0 Å². The van der Waals surface area contributed by atoms with E-state index in [1.54, 1.807) is 0 Å². The van der Waals surface area contributed by atoms with Gasteiger partial charge in [-0.05, 0) is 16.7 Å². The summed E-state index contributed by atoms with van der Waals surface area (Å²) < 4.78 is 0. The molecule has 2 aromatic rings. The van der Waals surface area contributed by atoms with Crippen LogP contribution in [0.5, 0.6) is 0 Å². The average molecular weight is 266 g/mol. The van der Waals surface area contributed by atoms with E-state index in [4.69, 9.17) is 0 Å². The van der Waals surface area contributed by atoms with Crippen LogP contribution in [0.2, 0.25) is 0 Å². The molecule has 0 unspecified atom stereocenters. The van der Waals surface area contributed by atoms with E-state index >= 15 is 0 Å². The van der Waals surface area contributed by atoms with Gasteiger partial charge >= 0.3 is 6.03 Å². The van der Waals surface area contributed by atoms with Gasteiger partial charge in [-0.25, -0.2) is 4.79 Å². The number of rotatable bonds is 3. The summed E-state index contributed by atoms with van der Waals surface area (Å²) in [5.74, 6) is -0.240. The van der Waals surface area contributed by atoms with E-state index < -0.39 is 0 Å². The molecule has 4 heteroatoms. The number of benzene rings is 2. The molecule has 0 bridgehead atoms. The second kappa shape index (κ2) is 5.17. The van der Waals surface area contributed by atoms with Crippen molar-refractivity contribution >= 4 is 11.9 Å². The van der Waals surface area contributed by atoms with Gasteiger partial charge in [-0.15, -0.1) is 0 Å². The summed E-state index contributed by atoms with van der Waals surface area (Å²) in [5.41, 5.74) is 3.30. The largest absolute Gasteiger partial charge is 0.324 e. The first-order valence-electron chi connectivity index (χ1n) is 6.45. The van der Waals surface area contributed by atoms with Crippen molar-refractivity contribution in [3.63, 3.8) is 0 Å². The number of urea groups is 1. The highest BCUT2D eigenvalue weighted by Crippen LogP contribution is 2.20. The van der Waals surface area contributed by atoms with E-state index in [1.807, 2.05) is 42.5 Å². The first kappa shape index (κ1) is 12.4. The van der Waals surface area contributed by atoms with Gasteiger partial charge in [0.2, 0.25) is 5.91 Å². The molecule has 2 aromatic carbocycles. The van der Waals surface area contributed by atoms with Crippen molar-refractivity contribution in [3.05, 3.63) is 60.2 Å². The van der Waals surface area contributed by atoms with Crippen molar-refractivity contribution in [2.75, 3.05) is 6.54 Å². The third kappa shape index (κ3) is 2.54. The lowest BCUT2D eigenvalue weighted by Gasteiger charge is -2.13. The summed E-state index contributed by atoms with van der Waals surface area (Å²) in [6, 6.07) is 17.8. The molecule has 1 aliphatic heterocycles. The van der Waals surface area contributed by atoms with Crippen LogP contribution in [0.4, 0.5) is 4.79 Å². The topological polar surface area (TPSA) is 49.4 Å². The lowest BCUT2D eigenvalue weighted by Crippen LogP contribution is -2.27. The third-order valence-corrected chi connectivity index (χ3v) is 3.30. The molecular formula is C16H14N2O2. The van der Waals surface area contributed by atoms with Crippen molar-refractivity contribution in [2.45, 2.75) is 6.54 Å². The van der Waals surface area contributed by atoms with Crippen LogP contribution < -0.4 is 5.32 Å². The van der Waals surface area contributed by atoms with Crippen molar-refractivity contribution in [2.24, 2.45) is 0 Å². The predicted octanol–water partition coefficient (Wildman–Crippen LogP) is 2.41. The minimum Gasteiger partial charge on any atom is -0.311 e. The zero-order valence-corrected chi connectivity index (χ0v) is 10.9. The Bertz CT molecular complexity index is 635. The molecule has 0 saturated carbocycles. The molecule has 3 amide bonds. The summed E-state index contributed by atoms with van der Waals surface area (Å²) in [4.78, 5) is 24.1. The highest BCUT2D eigenvalue weighted by Gasteiger charge is 2.26. The highest BCUT2D eigenvalue weighted by atomic mass is 16.2. The molecule has 0 spiro atoms. The smallest absolute Gasteiger partial charge is 0.311 e. The van der Waals surface area contributed by atoms with Crippen molar-refractivity contribution in [3.8, 4) is 11.1 Å². The number of carbonyl (C=O) groups is 2. The SMILES string of the molecule is O=C1CN(Cc2ccc(-c3ccccc3)cc2)C(=O)N1. The van der Waals surface area contributed by atoms with E-state index in [0.29, 0.717) is 6.54 Å². The molecule has 0 aromatic heterocycles. The summed E-state index contributed by atoms with van der Waals surface area (Å²) >= 11 is 0. The van der Waals surface area contributed by atoms with Gasteiger partial charge in [-0.2, -0.15) is 0 Å². The second-order valence-electron chi connectivity index (χ2n) is 4.77. The normalized spacial score (nSPS) is 14.5. The number of carbonyl (C=O) groups excluding carboxylic acids is 2. The Morgan fingerprint density at radius 3 is 2.15 bits per heavy atom. The number of imide groups is 1. The Morgan fingerprint density at radius 1 is 0.900 bits per heavy atom. The monoisotopic (exact) mass is 266 g/mol. The number of amides is 3. The summed E-state index contributed by atoms with van der Waals surface area (Å²) in [7, 11) is 0. The number of hydrogen-bond donors (Lipinski definition) is 1. The van der Waals surface area contributed by atoms with Gasteiger partial charge in [0.05, 0.1) is 0 Å². The van der Waals surface area contributed by atoms with Crippen molar-refractivity contribution < 1.29 is 9.59 Å². The maximum atomic E-state index is 11.5.